The Kier molecular flexibility index (Phi) is 24.9. The summed E-state index contributed by atoms with van der Waals surface area (Å²) in [7, 11) is 0. The van der Waals surface area contributed by atoms with Gasteiger partial charge in [0, 0.05) is 61.5 Å². The van der Waals surface area contributed by atoms with Crippen molar-refractivity contribution in [2.24, 2.45) is 11.7 Å². The van der Waals surface area contributed by atoms with E-state index in [9.17, 15) is 79.2 Å². The second kappa shape index (κ2) is 33.6. The molecule has 3 fully saturated rings. The van der Waals surface area contributed by atoms with Gasteiger partial charge in [0.25, 0.3) is 18.2 Å². The lowest BCUT2D eigenvalue weighted by Gasteiger charge is -2.34. The third kappa shape index (κ3) is 18.5. The van der Waals surface area contributed by atoms with Crippen LogP contribution >= 0.6 is 12.3 Å². The minimum absolute atomic E-state index is 0.0283. The summed E-state index contributed by atoms with van der Waals surface area (Å²) in [6.07, 6.45) is -15.6. The number of aliphatic hydroxyl groups is 7. The van der Waals surface area contributed by atoms with Crippen LogP contribution in [-0.4, -0.2) is 219 Å². The number of carbonyl (C=O) groups excluding carboxylic acids is 8. The van der Waals surface area contributed by atoms with Crippen LogP contribution in [0.15, 0.2) is 126 Å². The summed E-state index contributed by atoms with van der Waals surface area (Å²) < 4.78 is 26.9. The second-order valence-corrected chi connectivity index (χ2v) is 24.2. The zero-order chi connectivity index (χ0) is 71.2. The standard InChI is InChI=1S/C65H74N10O23S/c1-32-30-75-53(54(32)82)61(89)67-29-40(77)26-44(68-57(85)36-11-15-38(16-12-36)63-73-72-62(95-63)37-13-9-34(10-14-37)35-17-20-43(21-18-35)94-24-6-23-93-42-7-4-3-5-8-42)58(86)69-50(33(2)76)64(90)74-31-41(78)27-45(74)59(87)71-52(60(88)70-51(65(75)91)47(80)28-49(66)81)56(84)55(83)39-19-22-46(79)48(25-39)96-99-98-97-92/h3-5,7-22,25,32-33,40-41,44-45,47,50-56,76-80,82-84,92H,6,23-24,26-31H2,1-2H3,(H2,66,81)(H,67,89)(H,68,85)(H,69,86)(H,70,88)(H,71,87)/t32?,33?,40?,41?,44-,45?,47?,50?,51?,52?,53?,54?,55?,56?/m0/s1. The second-order valence-electron chi connectivity index (χ2n) is 23.8. The van der Waals surface area contributed by atoms with Crippen molar-refractivity contribution in [2.75, 3.05) is 32.8 Å². The van der Waals surface area contributed by atoms with Crippen LogP contribution < -0.4 is 46.0 Å². The predicted octanol–water partition coefficient (Wildman–Crippen LogP) is -0.698. The van der Waals surface area contributed by atoms with Gasteiger partial charge in [0.1, 0.15) is 60.0 Å². The van der Waals surface area contributed by atoms with E-state index in [4.69, 9.17) is 29.1 Å². The van der Waals surface area contributed by atoms with Crippen molar-refractivity contribution in [3.63, 3.8) is 0 Å². The van der Waals surface area contributed by atoms with Gasteiger partial charge in [-0.15, -0.1) is 10.2 Å². The van der Waals surface area contributed by atoms with Gasteiger partial charge in [-0.25, -0.2) is 5.26 Å². The van der Waals surface area contributed by atoms with Gasteiger partial charge in [0.15, 0.2) is 11.5 Å². The summed E-state index contributed by atoms with van der Waals surface area (Å²) in [4.78, 5) is 115. The predicted molar refractivity (Wildman–Crippen MR) is 344 cm³/mol. The van der Waals surface area contributed by atoms with Crippen molar-refractivity contribution < 1.29 is 112 Å². The number of nitrogens with one attached hydrogen (secondary N) is 5. The number of amides is 8. The maximum atomic E-state index is 14.7. The van der Waals surface area contributed by atoms with Gasteiger partial charge in [0.05, 0.1) is 50.2 Å². The number of hydrogen-bond donors (Lipinski definition) is 15. The average Bonchev–Trinajstić information content (AvgIpc) is 1.66. The summed E-state index contributed by atoms with van der Waals surface area (Å²) in [6.45, 7) is 1.61. The van der Waals surface area contributed by atoms with Gasteiger partial charge in [-0.3, -0.25) is 38.4 Å². The fourth-order valence-electron chi connectivity index (χ4n) is 11.4. The number of phenols is 1. The highest BCUT2D eigenvalue weighted by atomic mass is 32.2. The lowest BCUT2D eigenvalue weighted by Crippen LogP contribution is -2.64. The normalized spacial score (nSPS) is 23.9. The molecule has 3 saturated heterocycles. The lowest BCUT2D eigenvalue weighted by molar-refractivity contribution is -0.433. The first-order chi connectivity index (χ1) is 47.4. The Hall–Kier alpha value is -9.85. The number of aromatic hydroxyl groups is 1. The number of nitrogens with two attached hydrogens (primary N) is 1. The Balaban J connectivity index is 0.942. The van der Waals surface area contributed by atoms with Crippen LogP contribution in [0.25, 0.3) is 34.0 Å². The fourth-order valence-corrected chi connectivity index (χ4v) is 11.7. The lowest BCUT2D eigenvalue weighted by atomic mass is 9.96. The molecule has 14 atom stereocenters. The third-order valence-corrected chi connectivity index (χ3v) is 17.0. The van der Waals surface area contributed by atoms with Crippen LogP contribution in [0.5, 0.6) is 23.0 Å². The Morgan fingerprint density at radius 1 is 0.697 bits per heavy atom. The molecule has 528 valence electrons. The van der Waals surface area contributed by atoms with Gasteiger partial charge in [-0.2, -0.15) is 0 Å². The van der Waals surface area contributed by atoms with Gasteiger partial charge in [0.2, 0.25) is 53.1 Å². The van der Waals surface area contributed by atoms with Gasteiger partial charge >= 0.3 is 0 Å². The maximum absolute atomic E-state index is 14.7. The third-order valence-electron chi connectivity index (χ3n) is 16.7. The summed E-state index contributed by atoms with van der Waals surface area (Å²) in [5.41, 5.74) is 7.78. The number of ether oxygens (including phenoxy) is 2. The van der Waals surface area contributed by atoms with Crippen molar-refractivity contribution in [2.45, 2.75) is 119 Å². The Morgan fingerprint density at radius 2 is 1.28 bits per heavy atom. The Morgan fingerprint density at radius 3 is 1.91 bits per heavy atom. The molecule has 0 radical (unpaired) electrons. The van der Waals surface area contributed by atoms with Crippen molar-refractivity contribution in [1.82, 2.24) is 46.6 Å². The number of benzene rings is 5. The van der Waals surface area contributed by atoms with Gasteiger partial charge in [-0.05, 0) is 96.4 Å². The van der Waals surface area contributed by atoms with Crippen LogP contribution in [-0.2, 0) is 42.9 Å². The van der Waals surface area contributed by atoms with Crippen LogP contribution in [0.4, 0.5) is 0 Å². The molecule has 6 aromatic rings. The molecule has 0 saturated carbocycles. The molecule has 3 aliphatic heterocycles. The molecule has 4 heterocycles. The molecule has 5 aromatic carbocycles. The van der Waals surface area contributed by atoms with Crippen molar-refractivity contribution >= 4 is 59.6 Å². The Labute approximate surface area is 568 Å². The quantitative estimate of drug-likeness (QED) is 0.0173. The first-order valence-electron chi connectivity index (χ1n) is 31.1. The molecular formula is C65H74N10O23S. The highest BCUT2D eigenvalue weighted by molar-refractivity contribution is 7.90. The summed E-state index contributed by atoms with van der Waals surface area (Å²) >= 11 is -0.0283. The van der Waals surface area contributed by atoms with E-state index in [2.05, 4.69) is 46.2 Å². The molecule has 16 N–H and O–H groups in total. The van der Waals surface area contributed by atoms with E-state index in [0.29, 0.717) is 41.4 Å². The molecule has 9 rings (SSSR count). The number of para-hydroxylation sites is 1. The van der Waals surface area contributed by atoms with E-state index in [1.807, 2.05) is 78.9 Å². The smallest absolute Gasteiger partial charge is 0.261 e. The molecular weight excluding hydrogens is 1320 g/mol. The van der Waals surface area contributed by atoms with Crippen LogP contribution in [0, 0.1) is 5.92 Å². The van der Waals surface area contributed by atoms with Gasteiger partial charge < -0.3 is 101 Å². The first kappa shape index (κ1) is 73.4. The number of β-amino-alcohol motifs (C(OH)–C–C–N with tert-alkyl or cyclic N) is 1. The largest absolute Gasteiger partial charge is 0.504 e. The first-order valence-corrected chi connectivity index (χ1v) is 31.8. The van der Waals surface area contributed by atoms with Crippen LogP contribution in [0.2, 0.25) is 0 Å². The molecule has 0 bridgehead atoms. The maximum Gasteiger partial charge on any atom is 0.261 e. The molecule has 8 amide bonds. The number of hydrogen-bond acceptors (Lipinski definition) is 26. The average molecular weight is 1400 g/mol. The number of fused-ring (bicyclic) bond motifs is 2. The topological polar surface area (TPSA) is 496 Å². The van der Waals surface area contributed by atoms with E-state index in [1.165, 1.54) is 31.2 Å². The van der Waals surface area contributed by atoms with E-state index < -0.39 is 183 Å². The number of rotatable bonds is 22. The van der Waals surface area contributed by atoms with E-state index in [0.717, 1.165) is 46.9 Å². The molecule has 0 spiro atoms. The number of carbonyl (C=O) groups is 8. The molecule has 3 aliphatic rings. The molecule has 1 aromatic heterocycles. The minimum atomic E-state index is -2.54. The number of aliphatic hydroxyl groups excluding tert-OH is 7. The van der Waals surface area contributed by atoms with E-state index in [-0.39, 0.29) is 35.2 Å². The highest BCUT2D eigenvalue weighted by Gasteiger charge is 2.50. The zero-order valence-electron chi connectivity index (χ0n) is 53.0. The van der Waals surface area contributed by atoms with E-state index >= 15 is 0 Å². The van der Waals surface area contributed by atoms with Crippen LogP contribution in [0.3, 0.4) is 0 Å². The van der Waals surface area contributed by atoms with Crippen LogP contribution in [0.1, 0.15) is 61.6 Å². The number of nitrogens with zero attached hydrogens (tertiary/aromatic N) is 4. The SMILES string of the molecule is CC(O)C1NC(=O)[C@@H](NC(=O)c2ccc(-c3nnc(-c4ccc(-c5ccc(OCCCOc6ccccc6)cc5)cc4)o3)cc2)CC(O)CNC(=O)C2C(O)C(C)CN2C(=O)C(C(O)CC(N)=O)NC(=O)C(C(O)C(O)c2ccc(O)c(OSOOO)c2)NC(=O)C2CC(O)CN2C1=O. The van der Waals surface area contributed by atoms with Crippen molar-refractivity contribution in [3.8, 4) is 57.0 Å². The molecule has 33 nitrogen and oxygen atoms in total. The number of phenolic OH excluding ortho intramolecular Hbond substituents is 1. The molecule has 34 heteroatoms. The minimum Gasteiger partial charge on any atom is -0.504 e. The molecule has 0 aliphatic carbocycles. The number of primary amides is 1. The van der Waals surface area contributed by atoms with Crippen molar-refractivity contribution in [1.29, 1.82) is 0 Å². The zero-order valence-corrected chi connectivity index (χ0v) is 53.8. The summed E-state index contributed by atoms with van der Waals surface area (Å²) in [6, 6.07) is 20.7. The fraction of sp³-hybridized carbons (Fsp3) is 0.385. The van der Waals surface area contributed by atoms with Gasteiger partial charge in [-0.1, -0.05) is 64.8 Å². The number of aromatic nitrogens is 2. The Bertz CT molecular complexity index is 3800. The highest BCUT2D eigenvalue weighted by Crippen LogP contribution is 2.35. The summed E-state index contributed by atoms with van der Waals surface area (Å²) in [5, 5.41) is 123. The molecule has 99 heavy (non-hydrogen) atoms. The monoisotopic (exact) mass is 1390 g/mol. The van der Waals surface area contributed by atoms with Crippen molar-refractivity contribution in [3.05, 3.63) is 132 Å². The molecule has 13 unspecified atom stereocenters. The summed E-state index contributed by atoms with van der Waals surface area (Å²) in [5.74, 6) is -10.3. The van der Waals surface area contributed by atoms with E-state index in [1.54, 1.807) is 0 Å².